The van der Waals surface area contributed by atoms with Crippen LogP contribution in [-0.2, 0) is 9.53 Å². The van der Waals surface area contributed by atoms with E-state index >= 15 is 0 Å². The number of para-hydroxylation sites is 1. The molecule has 0 saturated carbocycles. The lowest BCUT2D eigenvalue weighted by molar-refractivity contribution is -0.137. The molecule has 120 valence electrons. The fourth-order valence-corrected chi connectivity index (χ4v) is 2.89. The van der Waals surface area contributed by atoms with Crippen molar-refractivity contribution in [3.05, 3.63) is 41.2 Å². The Labute approximate surface area is 132 Å². The van der Waals surface area contributed by atoms with Crippen LogP contribution in [0.2, 0.25) is 0 Å². The maximum Gasteiger partial charge on any atom is 0.334 e. The zero-order valence-electron chi connectivity index (χ0n) is 13.6. The Morgan fingerprint density at radius 2 is 1.82 bits per heavy atom. The lowest BCUT2D eigenvalue weighted by atomic mass is 10.1. The van der Waals surface area contributed by atoms with Crippen LogP contribution in [0.4, 0.5) is 5.69 Å². The molecule has 1 saturated heterocycles. The van der Waals surface area contributed by atoms with E-state index in [1.807, 2.05) is 4.90 Å². The molecule has 1 fully saturated rings. The first-order valence-electron chi connectivity index (χ1n) is 7.73. The Bertz CT molecular complexity index is 541. The van der Waals surface area contributed by atoms with Gasteiger partial charge in [0, 0.05) is 31.9 Å². The molecule has 1 aromatic carbocycles. The van der Waals surface area contributed by atoms with Crippen molar-refractivity contribution in [1.29, 1.82) is 0 Å². The number of anilines is 1. The van der Waals surface area contributed by atoms with Gasteiger partial charge < -0.3 is 20.3 Å². The van der Waals surface area contributed by atoms with Crippen LogP contribution in [0.15, 0.2) is 30.1 Å². The van der Waals surface area contributed by atoms with Crippen LogP contribution >= 0.6 is 0 Å². The maximum absolute atomic E-state index is 11.5. The number of carbonyl (C=O) groups excluding carboxylic acids is 1. The van der Waals surface area contributed by atoms with Crippen molar-refractivity contribution in [3.8, 4) is 0 Å². The second-order valence-electron chi connectivity index (χ2n) is 5.54. The van der Waals surface area contributed by atoms with Gasteiger partial charge in [-0.3, -0.25) is 0 Å². The van der Waals surface area contributed by atoms with Gasteiger partial charge in [-0.1, -0.05) is 18.2 Å². The third kappa shape index (κ3) is 3.72. The van der Waals surface area contributed by atoms with Crippen molar-refractivity contribution in [2.75, 3.05) is 37.7 Å². The first-order valence-corrected chi connectivity index (χ1v) is 7.73. The first kappa shape index (κ1) is 16.2. The number of aryl methyl sites for hydroxylation is 2. The number of nitrogens with zero attached hydrogens (tertiary/aromatic N) is 2. The second-order valence-corrected chi connectivity index (χ2v) is 5.54. The fraction of sp³-hybridized carbons (Fsp3) is 0.471. The second kappa shape index (κ2) is 7.20. The number of hydrogen-bond donors (Lipinski definition) is 1. The van der Waals surface area contributed by atoms with E-state index in [2.05, 4.69) is 36.9 Å². The molecule has 1 aromatic rings. The predicted octanol–water partition coefficient (Wildman–Crippen LogP) is 1.79. The molecule has 0 amide bonds. The van der Waals surface area contributed by atoms with Crippen molar-refractivity contribution in [3.63, 3.8) is 0 Å². The van der Waals surface area contributed by atoms with Gasteiger partial charge in [-0.15, -0.1) is 0 Å². The van der Waals surface area contributed by atoms with Gasteiger partial charge >= 0.3 is 5.97 Å². The van der Waals surface area contributed by atoms with Crippen LogP contribution in [0.5, 0.6) is 0 Å². The molecule has 0 bridgehead atoms. The van der Waals surface area contributed by atoms with Gasteiger partial charge in [-0.2, -0.15) is 0 Å². The van der Waals surface area contributed by atoms with Crippen LogP contribution in [0.3, 0.4) is 0 Å². The lowest BCUT2D eigenvalue weighted by Crippen LogP contribution is -2.47. The minimum absolute atomic E-state index is 0.364. The third-order valence-corrected chi connectivity index (χ3v) is 3.95. The van der Waals surface area contributed by atoms with E-state index in [9.17, 15) is 4.79 Å². The highest BCUT2D eigenvalue weighted by Crippen LogP contribution is 2.25. The van der Waals surface area contributed by atoms with Crippen molar-refractivity contribution in [1.82, 2.24) is 4.90 Å². The average molecular weight is 303 g/mol. The summed E-state index contributed by atoms with van der Waals surface area (Å²) in [5.74, 6) is 0.108. The standard InChI is InChI=1S/C17H25N3O2/c1-4-22-16(21)12-15(18)19-8-10-20(11-9-19)17-13(2)6-5-7-14(17)3/h5-7,12H,4,8-11,18H2,1-3H3/b15-12+. The predicted molar refractivity (Wildman–Crippen MR) is 88.6 cm³/mol. The number of rotatable bonds is 4. The molecule has 1 aliphatic rings. The summed E-state index contributed by atoms with van der Waals surface area (Å²) < 4.78 is 4.89. The van der Waals surface area contributed by atoms with Gasteiger partial charge in [0.2, 0.25) is 0 Å². The summed E-state index contributed by atoms with van der Waals surface area (Å²) in [5, 5.41) is 0. The Balaban J connectivity index is 2.00. The Hall–Kier alpha value is -2.17. The maximum atomic E-state index is 11.5. The van der Waals surface area contributed by atoms with Gasteiger partial charge in [0.1, 0.15) is 5.82 Å². The molecule has 0 unspecified atom stereocenters. The number of esters is 1. The highest BCUT2D eigenvalue weighted by molar-refractivity contribution is 5.82. The molecular formula is C17H25N3O2. The molecular weight excluding hydrogens is 278 g/mol. The summed E-state index contributed by atoms with van der Waals surface area (Å²) >= 11 is 0. The van der Waals surface area contributed by atoms with Gasteiger partial charge in [-0.25, -0.2) is 4.79 Å². The topological polar surface area (TPSA) is 58.8 Å². The molecule has 2 rings (SSSR count). The van der Waals surface area contributed by atoms with Gasteiger partial charge in [0.15, 0.2) is 0 Å². The molecule has 2 N–H and O–H groups in total. The van der Waals surface area contributed by atoms with Gasteiger partial charge in [0.05, 0.1) is 12.7 Å². The minimum atomic E-state index is -0.378. The summed E-state index contributed by atoms with van der Waals surface area (Å²) in [7, 11) is 0. The van der Waals surface area contributed by atoms with E-state index in [4.69, 9.17) is 10.5 Å². The zero-order chi connectivity index (χ0) is 16.1. The number of carbonyl (C=O) groups is 1. The molecule has 0 radical (unpaired) electrons. The van der Waals surface area contributed by atoms with Crippen molar-refractivity contribution >= 4 is 11.7 Å². The van der Waals surface area contributed by atoms with Crippen molar-refractivity contribution in [2.45, 2.75) is 20.8 Å². The number of benzene rings is 1. The molecule has 1 heterocycles. The average Bonchev–Trinajstić information content (AvgIpc) is 2.48. The first-order chi connectivity index (χ1) is 10.5. The van der Waals surface area contributed by atoms with Crippen LogP contribution in [0.1, 0.15) is 18.1 Å². The quantitative estimate of drug-likeness (QED) is 0.679. The Kier molecular flexibility index (Phi) is 5.31. The summed E-state index contributed by atoms with van der Waals surface area (Å²) in [5.41, 5.74) is 9.90. The largest absolute Gasteiger partial charge is 0.463 e. The summed E-state index contributed by atoms with van der Waals surface area (Å²) in [6.45, 7) is 9.82. The Morgan fingerprint density at radius 1 is 1.23 bits per heavy atom. The summed E-state index contributed by atoms with van der Waals surface area (Å²) in [4.78, 5) is 15.9. The SMILES string of the molecule is CCOC(=O)/C=C(\N)N1CCN(c2c(C)cccc2C)CC1. The van der Waals surface area contributed by atoms with Crippen LogP contribution in [0.25, 0.3) is 0 Å². The van der Waals surface area contributed by atoms with Crippen molar-refractivity contribution < 1.29 is 9.53 Å². The van der Waals surface area contributed by atoms with E-state index < -0.39 is 0 Å². The number of piperazine rings is 1. The molecule has 0 atom stereocenters. The molecule has 1 aliphatic heterocycles. The Morgan fingerprint density at radius 3 is 2.36 bits per heavy atom. The third-order valence-electron chi connectivity index (χ3n) is 3.95. The minimum Gasteiger partial charge on any atom is -0.463 e. The van der Waals surface area contributed by atoms with E-state index in [1.165, 1.54) is 22.9 Å². The number of ether oxygens (including phenoxy) is 1. The van der Waals surface area contributed by atoms with Gasteiger partial charge in [0.25, 0.3) is 0 Å². The van der Waals surface area contributed by atoms with Gasteiger partial charge in [-0.05, 0) is 31.9 Å². The molecule has 0 aromatic heterocycles. The summed E-state index contributed by atoms with van der Waals surface area (Å²) in [6.07, 6.45) is 1.37. The molecule has 5 nitrogen and oxygen atoms in total. The van der Waals surface area contributed by atoms with E-state index in [0.29, 0.717) is 12.4 Å². The monoisotopic (exact) mass is 303 g/mol. The molecule has 0 aliphatic carbocycles. The van der Waals surface area contributed by atoms with Crippen LogP contribution in [0, 0.1) is 13.8 Å². The lowest BCUT2D eigenvalue weighted by Gasteiger charge is -2.38. The fourth-order valence-electron chi connectivity index (χ4n) is 2.89. The summed E-state index contributed by atoms with van der Waals surface area (Å²) in [6, 6.07) is 6.37. The highest BCUT2D eigenvalue weighted by Gasteiger charge is 2.20. The zero-order valence-corrected chi connectivity index (χ0v) is 13.6. The van der Waals surface area contributed by atoms with Crippen LogP contribution in [-0.4, -0.2) is 43.7 Å². The number of nitrogens with two attached hydrogens (primary N) is 1. The van der Waals surface area contributed by atoms with E-state index in [0.717, 1.165) is 26.2 Å². The normalized spacial score (nSPS) is 15.9. The number of hydrogen-bond acceptors (Lipinski definition) is 5. The van der Waals surface area contributed by atoms with Crippen LogP contribution < -0.4 is 10.6 Å². The molecule has 5 heteroatoms. The van der Waals surface area contributed by atoms with Crippen molar-refractivity contribution in [2.24, 2.45) is 5.73 Å². The molecule has 0 spiro atoms. The van der Waals surface area contributed by atoms with E-state index in [-0.39, 0.29) is 5.97 Å². The van der Waals surface area contributed by atoms with E-state index in [1.54, 1.807) is 6.92 Å². The highest BCUT2D eigenvalue weighted by atomic mass is 16.5. The molecule has 22 heavy (non-hydrogen) atoms. The smallest absolute Gasteiger partial charge is 0.334 e.